The van der Waals surface area contributed by atoms with Gasteiger partial charge in [0.1, 0.15) is 0 Å². The molecule has 0 heterocycles. The smallest absolute Gasteiger partial charge is 0.159 e. The predicted octanol–water partition coefficient (Wildman–Crippen LogP) is 4.60. The first-order valence-corrected chi connectivity index (χ1v) is 6.96. The molecule has 0 bridgehead atoms. The Morgan fingerprint density at radius 1 is 1.06 bits per heavy atom. The minimum atomic E-state index is -0.822. The van der Waals surface area contributed by atoms with Gasteiger partial charge in [0.05, 0.1) is 0 Å². The van der Waals surface area contributed by atoms with Crippen molar-refractivity contribution in [2.45, 2.75) is 10.6 Å². The number of halogens is 3. The molecule has 5 heteroatoms. The summed E-state index contributed by atoms with van der Waals surface area (Å²) in [6.45, 7) is 0. The molecule has 0 aromatic heterocycles. The second kappa shape index (κ2) is 5.71. The van der Waals surface area contributed by atoms with Gasteiger partial charge in [0.25, 0.3) is 0 Å². The lowest BCUT2D eigenvalue weighted by Gasteiger charge is -2.06. The molecule has 0 atom stereocenters. The molecule has 2 N–H and O–H groups in total. The first-order valence-electron chi connectivity index (χ1n) is 5.18. The topological polar surface area (TPSA) is 26.0 Å². The molecule has 0 fully saturated rings. The molecule has 2 rings (SSSR count). The van der Waals surface area contributed by atoms with Gasteiger partial charge in [0.15, 0.2) is 11.6 Å². The molecule has 2 aromatic carbocycles. The minimum Gasteiger partial charge on any atom is -0.399 e. The van der Waals surface area contributed by atoms with Crippen molar-refractivity contribution in [3.8, 4) is 0 Å². The van der Waals surface area contributed by atoms with Gasteiger partial charge in [-0.2, -0.15) is 0 Å². The highest BCUT2D eigenvalue weighted by atomic mass is 79.9. The molecule has 0 unspecified atom stereocenters. The molecule has 0 saturated carbocycles. The van der Waals surface area contributed by atoms with E-state index in [9.17, 15) is 8.78 Å². The average molecular weight is 330 g/mol. The second-order valence-corrected chi connectivity index (χ2v) is 5.60. The molecule has 18 heavy (non-hydrogen) atoms. The van der Waals surface area contributed by atoms with Crippen molar-refractivity contribution in [2.75, 3.05) is 5.73 Å². The third kappa shape index (κ3) is 3.23. The van der Waals surface area contributed by atoms with Gasteiger partial charge in [0.2, 0.25) is 0 Å². The van der Waals surface area contributed by atoms with Crippen LogP contribution in [0.15, 0.2) is 45.8 Å². The van der Waals surface area contributed by atoms with Gasteiger partial charge in [-0.3, -0.25) is 0 Å². The van der Waals surface area contributed by atoms with Crippen molar-refractivity contribution in [3.05, 3.63) is 58.1 Å². The first-order chi connectivity index (χ1) is 8.56. The fraction of sp³-hybridized carbons (Fsp3) is 0.0769. The van der Waals surface area contributed by atoms with E-state index in [1.54, 1.807) is 12.1 Å². The number of benzene rings is 2. The van der Waals surface area contributed by atoms with Crippen LogP contribution in [-0.2, 0) is 5.75 Å². The Hall–Kier alpha value is -1.07. The Labute approximate surface area is 117 Å². The highest BCUT2D eigenvalue weighted by molar-refractivity contribution is 9.10. The molecule has 0 aliphatic carbocycles. The van der Waals surface area contributed by atoms with Gasteiger partial charge in [-0.1, -0.05) is 6.07 Å². The Bertz CT molecular complexity index is 575. The van der Waals surface area contributed by atoms with Crippen molar-refractivity contribution in [1.82, 2.24) is 0 Å². The number of rotatable bonds is 3. The molecule has 0 amide bonds. The van der Waals surface area contributed by atoms with Gasteiger partial charge >= 0.3 is 0 Å². The molecule has 1 nitrogen and oxygen atoms in total. The lowest BCUT2D eigenvalue weighted by molar-refractivity contribution is 0.507. The standard InChI is InChI=1S/C13H10BrF2NS/c14-10-6-9(17)2-4-13(10)18-7-8-1-3-11(15)12(16)5-8/h1-6H,7,17H2. The zero-order chi connectivity index (χ0) is 13.1. The van der Waals surface area contributed by atoms with Crippen LogP contribution in [0.1, 0.15) is 5.56 Å². The number of nitrogens with two attached hydrogens (primary N) is 1. The normalized spacial score (nSPS) is 10.6. The maximum Gasteiger partial charge on any atom is 0.159 e. The van der Waals surface area contributed by atoms with Crippen molar-refractivity contribution < 1.29 is 8.78 Å². The number of nitrogen functional groups attached to an aromatic ring is 1. The number of hydrogen-bond donors (Lipinski definition) is 1. The fourth-order valence-corrected chi connectivity index (χ4v) is 3.03. The van der Waals surface area contributed by atoms with Gasteiger partial charge < -0.3 is 5.73 Å². The minimum absolute atomic E-state index is 0.569. The van der Waals surface area contributed by atoms with Crippen molar-refractivity contribution in [2.24, 2.45) is 0 Å². The maximum absolute atomic E-state index is 13.0. The predicted molar refractivity (Wildman–Crippen MR) is 74.5 cm³/mol. The summed E-state index contributed by atoms with van der Waals surface area (Å²) in [4.78, 5) is 1.01. The summed E-state index contributed by atoms with van der Waals surface area (Å²) in [6, 6.07) is 9.45. The van der Waals surface area contributed by atoms with E-state index in [-0.39, 0.29) is 0 Å². The first kappa shape index (κ1) is 13.4. The summed E-state index contributed by atoms with van der Waals surface area (Å²) in [5, 5.41) is 0. The van der Waals surface area contributed by atoms with E-state index < -0.39 is 11.6 Å². The van der Waals surface area contributed by atoms with Crippen LogP contribution < -0.4 is 5.73 Å². The van der Waals surface area contributed by atoms with Crippen LogP contribution >= 0.6 is 27.7 Å². The van der Waals surface area contributed by atoms with Gasteiger partial charge in [-0.15, -0.1) is 11.8 Å². The Balaban J connectivity index is 2.09. The molecule has 0 spiro atoms. The van der Waals surface area contributed by atoms with Crippen LogP contribution in [-0.4, -0.2) is 0 Å². The molecule has 94 valence electrons. The van der Waals surface area contributed by atoms with Crippen LogP contribution in [0.3, 0.4) is 0 Å². The number of hydrogen-bond acceptors (Lipinski definition) is 2. The van der Waals surface area contributed by atoms with Crippen LogP contribution in [0, 0.1) is 11.6 Å². The van der Waals surface area contributed by atoms with Crippen molar-refractivity contribution >= 4 is 33.4 Å². The van der Waals surface area contributed by atoms with E-state index in [2.05, 4.69) is 15.9 Å². The van der Waals surface area contributed by atoms with Crippen molar-refractivity contribution in [3.63, 3.8) is 0 Å². The third-order valence-electron chi connectivity index (χ3n) is 2.33. The summed E-state index contributed by atoms with van der Waals surface area (Å²) in [7, 11) is 0. The summed E-state index contributed by atoms with van der Waals surface area (Å²) in [5.41, 5.74) is 7.06. The van der Waals surface area contributed by atoms with Crippen molar-refractivity contribution in [1.29, 1.82) is 0 Å². The van der Waals surface area contributed by atoms with Gasteiger partial charge in [-0.25, -0.2) is 8.78 Å². The Morgan fingerprint density at radius 2 is 1.83 bits per heavy atom. The average Bonchev–Trinajstić information content (AvgIpc) is 2.32. The molecule has 0 aliphatic heterocycles. The molecule has 0 aliphatic rings. The maximum atomic E-state index is 13.0. The third-order valence-corrected chi connectivity index (χ3v) is 4.40. The highest BCUT2D eigenvalue weighted by Crippen LogP contribution is 2.31. The largest absolute Gasteiger partial charge is 0.399 e. The summed E-state index contributed by atoms with van der Waals surface area (Å²) in [5.74, 6) is -1.07. The van der Waals surface area contributed by atoms with Gasteiger partial charge in [0, 0.05) is 20.8 Å². The SMILES string of the molecule is Nc1ccc(SCc2ccc(F)c(F)c2)c(Br)c1. The summed E-state index contributed by atoms with van der Waals surface area (Å²) in [6.07, 6.45) is 0. The summed E-state index contributed by atoms with van der Waals surface area (Å²) >= 11 is 4.94. The monoisotopic (exact) mass is 329 g/mol. The second-order valence-electron chi connectivity index (χ2n) is 3.73. The van der Waals surface area contributed by atoms with Crippen LogP contribution in [0.25, 0.3) is 0 Å². The summed E-state index contributed by atoms with van der Waals surface area (Å²) < 4.78 is 26.7. The molecular formula is C13H10BrF2NS. The Kier molecular flexibility index (Phi) is 4.24. The van der Waals surface area contributed by atoms with E-state index in [1.807, 2.05) is 12.1 Å². The Morgan fingerprint density at radius 3 is 2.50 bits per heavy atom. The zero-order valence-electron chi connectivity index (χ0n) is 9.29. The van der Waals surface area contributed by atoms with Crippen LogP contribution in [0.5, 0.6) is 0 Å². The lowest BCUT2D eigenvalue weighted by Crippen LogP contribution is -1.88. The van der Waals surface area contributed by atoms with E-state index in [1.165, 1.54) is 17.8 Å². The van der Waals surface area contributed by atoms with Crippen LogP contribution in [0.2, 0.25) is 0 Å². The lowest BCUT2D eigenvalue weighted by atomic mass is 10.2. The molecule has 0 saturated heterocycles. The molecular weight excluding hydrogens is 320 g/mol. The quantitative estimate of drug-likeness (QED) is 0.657. The van der Waals surface area contributed by atoms with E-state index in [0.29, 0.717) is 11.4 Å². The zero-order valence-corrected chi connectivity index (χ0v) is 11.7. The van der Waals surface area contributed by atoms with E-state index in [4.69, 9.17) is 5.73 Å². The number of anilines is 1. The molecule has 0 radical (unpaired) electrons. The van der Waals surface area contributed by atoms with Crippen LogP contribution in [0.4, 0.5) is 14.5 Å². The highest BCUT2D eigenvalue weighted by Gasteiger charge is 2.05. The molecule has 2 aromatic rings. The van der Waals surface area contributed by atoms with Gasteiger partial charge in [-0.05, 0) is 51.8 Å². The van der Waals surface area contributed by atoms with E-state index in [0.717, 1.165) is 21.0 Å². The van der Waals surface area contributed by atoms with E-state index >= 15 is 0 Å². The fourth-order valence-electron chi connectivity index (χ4n) is 1.42. The number of thioether (sulfide) groups is 1.